The van der Waals surface area contributed by atoms with Gasteiger partial charge < -0.3 is 9.64 Å². The highest BCUT2D eigenvalue weighted by atomic mass is 19.1. The number of carbonyl (C=O) groups is 1. The quantitative estimate of drug-likeness (QED) is 0.600. The molecule has 2 aromatic carbocycles. The van der Waals surface area contributed by atoms with Crippen molar-refractivity contribution >= 4 is 11.7 Å². The van der Waals surface area contributed by atoms with Crippen LogP contribution in [0, 0.1) is 12.7 Å². The number of esters is 1. The Balaban J connectivity index is 1.50. The molecule has 1 heterocycles. The zero-order valence-corrected chi connectivity index (χ0v) is 15.3. The Morgan fingerprint density at radius 1 is 1.15 bits per heavy atom. The van der Waals surface area contributed by atoms with Crippen molar-refractivity contribution in [3.8, 4) is 0 Å². The molecular weight excluding hydrogens is 347 g/mol. The lowest BCUT2D eigenvalue weighted by atomic mass is 10.2. The molecule has 0 spiro atoms. The minimum absolute atomic E-state index is 0.0254. The van der Waals surface area contributed by atoms with Crippen LogP contribution in [-0.2, 0) is 29.2 Å². The molecule has 1 aromatic heterocycles. The second-order valence-electron chi connectivity index (χ2n) is 6.39. The van der Waals surface area contributed by atoms with Gasteiger partial charge in [0.05, 0.1) is 12.7 Å². The Morgan fingerprint density at radius 3 is 2.56 bits per heavy atom. The molecule has 0 amide bonds. The third-order valence-corrected chi connectivity index (χ3v) is 4.06. The number of hydrogen-bond acceptors (Lipinski definition) is 5. The molecule has 0 unspecified atom stereocenters. The summed E-state index contributed by atoms with van der Waals surface area (Å²) < 4.78 is 19.5. The zero-order chi connectivity index (χ0) is 19.2. The summed E-state index contributed by atoms with van der Waals surface area (Å²) in [5.41, 5.74) is 3.76. The Morgan fingerprint density at radius 2 is 1.85 bits per heavy atom. The van der Waals surface area contributed by atoms with Crippen LogP contribution in [0.2, 0.25) is 0 Å². The summed E-state index contributed by atoms with van der Waals surface area (Å²) in [7, 11) is 1.97. The molecule has 0 aliphatic rings. The van der Waals surface area contributed by atoms with Crippen molar-refractivity contribution in [1.29, 1.82) is 0 Å². The predicted octanol–water partition coefficient (Wildman–Crippen LogP) is 3.11. The van der Waals surface area contributed by atoms with Crippen molar-refractivity contribution < 1.29 is 13.9 Å². The SMILES string of the molecule is Cc1ccc(N(C)Cc2cn(CC(=O)OCc3ccc(F)cc3)nn2)cc1. The molecule has 3 rings (SSSR count). The van der Waals surface area contributed by atoms with Gasteiger partial charge in [-0.2, -0.15) is 0 Å². The van der Waals surface area contributed by atoms with Gasteiger partial charge in [-0.3, -0.25) is 4.79 Å². The molecule has 0 saturated carbocycles. The summed E-state index contributed by atoms with van der Waals surface area (Å²) in [6, 6.07) is 14.0. The molecule has 0 atom stereocenters. The number of anilines is 1. The van der Waals surface area contributed by atoms with E-state index in [0.29, 0.717) is 6.54 Å². The summed E-state index contributed by atoms with van der Waals surface area (Å²) in [6.07, 6.45) is 1.73. The highest BCUT2D eigenvalue weighted by Gasteiger charge is 2.10. The van der Waals surface area contributed by atoms with Gasteiger partial charge in [0.2, 0.25) is 0 Å². The lowest BCUT2D eigenvalue weighted by Gasteiger charge is -2.17. The topological polar surface area (TPSA) is 60.2 Å². The first-order chi connectivity index (χ1) is 13.0. The first kappa shape index (κ1) is 18.6. The van der Waals surface area contributed by atoms with Gasteiger partial charge in [-0.25, -0.2) is 9.07 Å². The third kappa shape index (κ3) is 5.37. The highest BCUT2D eigenvalue weighted by molar-refractivity contribution is 5.69. The molecule has 0 N–H and O–H groups in total. The summed E-state index contributed by atoms with van der Waals surface area (Å²) in [5, 5.41) is 8.08. The molecule has 27 heavy (non-hydrogen) atoms. The molecular formula is C20H21FN4O2. The van der Waals surface area contributed by atoms with Crippen LogP contribution in [0.25, 0.3) is 0 Å². The standard InChI is InChI=1S/C20H21FN4O2/c1-15-3-9-19(10-4-15)24(2)11-18-12-25(23-22-18)13-20(26)27-14-16-5-7-17(21)8-6-16/h3-10,12H,11,13-14H2,1-2H3. The number of benzene rings is 2. The molecule has 7 heteroatoms. The molecule has 0 radical (unpaired) electrons. The normalized spacial score (nSPS) is 10.6. The minimum Gasteiger partial charge on any atom is -0.459 e. The highest BCUT2D eigenvalue weighted by Crippen LogP contribution is 2.15. The van der Waals surface area contributed by atoms with Crippen LogP contribution in [0.1, 0.15) is 16.8 Å². The number of carbonyl (C=O) groups excluding carboxylic acids is 1. The van der Waals surface area contributed by atoms with Gasteiger partial charge in [0, 0.05) is 12.7 Å². The number of hydrogen-bond donors (Lipinski definition) is 0. The van der Waals surface area contributed by atoms with Crippen molar-refractivity contribution in [2.45, 2.75) is 26.6 Å². The monoisotopic (exact) mass is 368 g/mol. The van der Waals surface area contributed by atoms with Crippen molar-refractivity contribution in [2.24, 2.45) is 0 Å². The molecule has 3 aromatic rings. The first-order valence-electron chi connectivity index (χ1n) is 8.56. The van der Waals surface area contributed by atoms with Crippen LogP contribution in [0.4, 0.5) is 10.1 Å². The number of rotatable bonds is 7. The van der Waals surface area contributed by atoms with E-state index in [9.17, 15) is 9.18 Å². The maximum atomic E-state index is 12.9. The molecule has 140 valence electrons. The molecule has 0 fully saturated rings. The largest absolute Gasteiger partial charge is 0.459 e. The van der Waals surface area contributed by atoms with Crippen molar-refractivity contribution in [3.63, 3.8) is 0 Å². The van der Waals surface area contributed by atoms with Gasteiger partial charge in [0.1, 0.15) is 24.7 Å². The summed E-state index contributed by atoms with van der Waals surface area (Å²) in [5.74, 6) is -0.751. The average molecular weight is 368 g/mol. The molecule has 0 bridgehead atoms. The van der Waals surface area contributed by atoms with Crippen molar-refractivity contribution in [1.82, 2.24) is 15.0 Å². The van der Waals surface area contributed by atoms with Gasteiger partial charge in [-0.05, 0) is 36.8 Å². The third-order valence-electron chi connectivity index (χ3n) is 4.06. The lowest BCUT2D eigenvalue weighted by molar-refractivity contribution is -0.145. The van der Waals surface area contributed by atoms with E-state index in [1.807, 2.05) is 26.1 Å². The van der Waals surface area contributed by atoms with E-state index in [1.54, 1.807) is 18.3 Å². The second kappa shape index (κ2) is 8.44. The number of aryl methyl sites for hydroxylation is 1. The van der Waals surface area contributed by atoms with E-state index in [2.05, 4.69) is 27.3 Å². The minimum atomic E-state index is -0.428. The average Bonchev–Trinajstić information content (AvgIpc) is 3.08. The van der Waals surface area contributed by atoms with E-state index in [1.165, 1.54) is 22.4 Å². The van der Waals surface area contributed by atoms with Gasteiger partial charge in [-0.15, -0.1) is 5.10 Å². The summed E-state index contributed by atoms with van der Waals surface area (Å²) in [6.45, 7) is 2.69. The van der Waals surface area contributed by atoms with E-state index in [0.717, 1.165) is 16.9 Å². The zero-order valence-electron chi connectivity index (χ0n) is 15.3. The molecule has 0 aliphatic carbocycles. The van der Waals surface area contributed by atoms with E-state index >= 15 is 0 Å². The Bertz CT molecular complexity index is 891. The van der Waals surface area contributed by atoms with Gasteiger partial charge in [-0.1, -0.05) is 35.0 Å². The van der Waals surface area contributed by atoms with Crippen LogP contribution < -0.4 is 4.90 Å². The van der Waals surface area contributed by atoms with Crippen LogP contribution in [0.5, 0.6) is 0 Å². The maximum Gasteiger partial charge on any atom is 0.328 e. The maximum absolute atomic E-state index is 12.9. The molecule has 0 saturated heterocycles. The number of ether oxygens (including phenoxy) is 1. The van der Waals surface area contributed by atoms with Gasteiger partial charge >= 0.3 is 5.97 Å². The summed E-state index contributed by atoms with van der Waals surface area (Å²) >= 11 is 0. The predicted molar refractivity (Wildman–Crippen MR) is 99.5 cm³/mol. The van der Waals surface area contributed by atoms with Crippen LogP contribution in [0.3, 0.4) is 0 Å². The Labute approximate surface area is 157 Å². The molecule has 0 aliphatic heterocycles. The first-order valence-corrected chi connectivity index (χ1v) is 8.56. The van der Waals surface area contributed by atoms with Gasteiger partial charge in [0.25, 0.3) is 0 Å². The summed E-state index contributed by atoms with van der Waals surface area (Å²) in [4.78, 5) is 14.0. The second-order valence-corrected chi connectivity index (χ2v) is 6.39. The van der Waals surface area contributed by atoms with E-state index < -0.39 is 5.97 Å². The van der Waals surface area contributed by atoms with Crippen molar-refractivity contribution in [2.75, 3.05) is 11.9 Å². The number of halogens is 1. The van der Waals surface area contributed by atoms with Crippen LogP contribution in [-0.4, -0.2) is 28.0 Å². The fourth-order valence-corrected chi connectivity index (χ4v) is 2.54. The Kier molecular flexibility index (Phi) is 5.80. The fourth-order valence-electron chi connectivity index (χ4n) is 2.54. The Hall–Kier alpha value is -3.22. The van der Waals surface area contributed by atoms with Crippen molar-refractivity contribution in [3.05, 3.63) is 77.4 Å². The van der Waals surface area contributed by atoms with E-state index in [4.69, 9.17) is 4.74 Å². The fraction of sp³-hybridized carbons (Fsp3) is 0.250. The molecule has 6 nitrogen and oxygen atoms in total. The lowest BCUT2D eigenvalue weighted by Crippen LogP contribution is -2.16. The number of nitrogens with zero attached hydrogens (tertiary/aromatic N) is 4. The van der Waals surface area contributed by atoms with Crippen LogP contribution in [0.15, 0.2) is 54.7 Å². The smallest absolute Gasteiger partial charge is 0.328 e. The van der Waals surface area contributed by atoms with Gasteiger partial charge in [0.15, 0.2) is 0 Å². The number of aromatic nitrogens is 3. The van der Waals surface area contributed by atoms with Crippen LogP contribution >= 0.6 is 0 Å². The van der Waals surface area contributed by atoms with E-state index in [-0.39, 0.29) is 19.0 Å².